The van der Waals surface area contributed by atoms with Gasteiger partial charge in [-0.05, 0) is 36.2 Å². The average molecular weight is 307 g/mol. The number of nitrogens with one attached hydrogen (secondary N) is 1. The summed E-state index contributed by atoms with van der Waals surface area (Å²) in [5, 5.41) is 3.44. The molecule has 4 heteroatoms. The number of methoxy groups -OCH3 is 2. The monoisotopic (exact) mass is 306 g/mol. The van der Waals surface area contributed by atoms with Crippen molar-refractivity contribution in [1.82, 2.24) is 5.32 Å². The Hall–Kier alpha value is -1.71. The number of benzene rings is 2. The van der Waals surface area contributed by atoms with Crippen LogP contribution < -0.4 is 27.2 Å². The molecule has 0 amide bonds. The van der Waals surface area contributed by atoms with Gasteiger partial charge in [0.2, 0.25) is 0 Å². The molecule has 0 unspecified atom stereocenters. The van der Waals surface area contributed by atoms with E-state index in [1.54, 1.807) is 14.2 Å². The fourth-order valence-electron chi connectivity index (χ4n) is 2.10. The summed E-state index contributed by atoms with van der Waals surface area (Å²) >= 11 is 0. The van der Waals surface area contributed by atoms with Gasteiger partial charge in [-0.1, -0.05) is 36.4 Å². The normalized spacial score (nSPS) is 9.81. The Morgan fingerprint density at radius 2 is 1.57 bits per heavy atom. The van der Waals surface area contributed by atoms with Gasteiger partial charge in [0.25, 0.3) is 0 Å². The highest BCUT2D eigenvalue weighted by Crippen LogP contribution is 2.27. The van der Waals surface area contributed by atoms with E-state index in [1.807, 2.05) is 18.2 Å². The molecule has 114 valence electrons. The maximum atomic E-state index is 5.30. The molecule has 0 aliphatic carbocycles. The molecular weight excluding hydrogens is 286 g/mol. The van der Waals surface area contributed by atoms with Crippen molar-refractivity contribution in [3.05, 3.63) is 59.7 Å². The molecule has 2 aromatic carbocycles. The lowest BCUT2D eigenvalue weighted by molar-refractivity contribution is -0.00000466. The maximum Gasteiger partial charge on any atom is 0.161 e. The Labute approximate surface area is 132 Å². The summed E-state index contributed by atoms with van der Waals surface area (Å²) in [4.78, 5) is 0. The second-order valence-corrected chi connectivity index (χ2v) is 4.60. The third kappa shape index (κ3) is 5.29. The number of ether oxygens (including phenoxy) is 2. The largest absolute Gasteiger partial charge is 1.00 e. The molecule has 0 atom stereocenters. The van der Waals surface area contributed by atoms with Gasteiger partial charge >= 0.3 is 0 Å². The number of hydrogen-bond acceptors (Lipinski definition) is 3. The molecule has 3 nitrogen and oxygen atoms in total. The lowest BCUT2D eigenvalue weighted by Crippen LogP contribution is -3.00. The van der Waals surface area contributed by atoms with Gasteiger partial charge in [0.1, 0.15) is 0 Å². The fourth-order valence-corrected chi connectivity index (χ4v) is 2.10. The van der Waals surface area contributed by atoms with Crippen LogP contribution in [-0.2, 0) is 13.0 Å². The van der Waals surface area contributed by atoms with Crippen molar-refractivity contribution >= 4 is 0 Å². The van der Waals surface area contributed by atoms with E-state index in [2.05, 4.69) is 35.6 Å². The van der Waals surface area contributed by atoms with Crippen LogP contribution in [0.2, 0.25) is 0 Å². The fraction of sp³-hybridized carbons (Fsp3) is 0.294. The zero-order valence-corrected chi connectivity index (χ0v) is 13.2. The average Bonchev–Trinajstić information content (AvgIpc) is 2.52. The number of halogens is 1. The predicted octanol–water partition coefficient (Wildman–Crippen LogP) is 0.0401. The first kappa shape index (κ1) is 17.3. The zero-order chi connectivity index (χ0) is 14.2. The smallest absolute Gasteiger partial charge is 0.161 e. The zero-order valence-electron chi connectivity index (χ0n) is 12.4. The summed E-state index contributed by atoms with van der Waals surface area (Å²) in [5.41, 5.74) is 2.54. The minimum atomic E-state index is 0. The minimum Gasteiger partial charge on any atom is -1.00 e. The molecule has 21 heavy (non-hydrogen) atoms. The molecule has 0 heterocycles. The summed E-state index contributed by atoms with van der Waals surface area (Å²) < 4.78 is 10.5. The molecule has 2 aromatic rings. The van der Waals surface area contributed by atoms with Crippen LogP contribution in [0.25, 0.3) is 0 Å². The minimum absolute atomic E-state index is 0. The summed E-state index contributed by atoms with van der Waals surface area (Å²) in [7, 11) is 3.31. The van der Waals surface area contributed by atoms with E-state index in [4.69, 9.17) is 9.47 Å². The Bertz CT molecular complexity index is 532. The SMILES string of the molecule is COc1ccc(CNCCc2ccccc2)cc1OC.[Cl-]. The lowest BCUT2D eigenvalue weighted by Gasteiger charge is -2.10. The van der Waals surface area contributed by atoms with Crippen molar-refractivity contribution in [3.63, 3.8) is 0 Å². The van der Waals surface area contributed by atoms with Gasteiger partial charge < -0.3 is 27.2 Å². The molecule has 0 saturated heterocycles. The Kier molecular flexibility index (Phi) is 7.65. The summed E-state index contributed by atoms with van der Waals surface area (Å²) in [6, 6.07) is 16.5. The molecule has 0 spiro atoms. The first-order valence-electron chi connectivity index (χ1n) is 6.79. The van der Waals surface area contributed by atoms with Gasteiger partial charge in [-0.15, -0.1) is 0 Å². The van der Waals surface area contributed by atoms with E-state index >= 15 is 0 Å². The number of rotatable bonds is 7. The van der Waals surface area contributed by atoms with Crippen LogP contribution in [0.1, 0.15) is 11.1 Å². The first-order valence-corrected chi connectivity index (χ1v) is 6.79. The van der Waals surface area contributed by atoms with Crippen LogP contribution in [0, 0.1) is 0 Å². The van der Waals surface area contributed by atoms with E-state index in [9.17, 15) is 0 Å². The maximum absolute atomic E-state index is 5.30. The van der Waals surface area contributed by atoms with E-state index in [-0.39, 0.29) is 12.4 Å². The van der Waals surface area contributed by atoms with Gasteiger partial charge in [0.05, 0.1) is 14.2 Å². The van der Waals surface area contributed by atoms with Crippen LogP contribution in [0.4, 0.5) is 0 Å². The molecule has 0 aliphatic heterocycles. The number of hydrogen-bond donors (Lipinski definition) is 1. The Morgan fingerprint density at radius 3 is 2.24 bits per heavy atom. The summed E-state index contributed by atoms with van der Waals surface area (Å²) in [6.07, 6.45) is 1.04. The first-order chi connectivity index (χ1) is 9.83. The van der Waals surface area contributed by atoms with Gasteiger partial charge in [-0.25, -0.2) is 0 Å². The van der Waals surface area contributed by atoms with Gasteiger partial charge in [-0.3, -0.25) is 0 Å². The van der Waals surface area contributed by atoms with E-state index in [0.717, 1.165) is 31.0 Å². The molecule has 0 aromatic heterocycles. The molecule has 0 fully saturated rings. The topological polar surface area (TPSA) is 30.5 Å². The van der Waals surface area contributed by atoms with Gasteiger partial charge in [0.15, 0.2) is 11.5 Å². The second-order valence-electron chi connectivity index (χ2n) is 4.60. The van der Waals surface area contributed by atoms with Crippen LogP contribution in [0.5, 0.6) is 11.5 Å². The molecule has 2 rings (SSSR count). The quantitative estimate of drug-likeness (QED) is 0.733. The highest BCUT2D eigenvalue weighted by Gasteiger charge is 2.04. The standard InChI is InChI=1S/C17H21NO2.ClH/c1-19-16-9-8-15(12-17(16)20-2)13-18-11-10-14-6-4-3-5-7-14;/h3-9,12,18H,10-11,13H2,1-2H3;1H/p-1. The molecule has 0 saturated carbocycles. The van der Waals surface area contributed by atoms with Gasteiger partial charge in [0, 0.05) is 6.54 Å². The van der Waals surface area contributed by atoms with Gasteiger partial charge in [-0.2, -0.15) is 0 Å². The predicted molar refractivity (Wildman–Crippen MR) is 81.4 cm³/mol. The van der Waals surface area contributed by atoms with Crippen LogP contribution in [0.15, 0.2) is 48.5 Å². The molecule has 1 N–H and O–H groups in total. The lowest BCUT2D eigenvalue weighted by atomic mass is 10.1. The highest BCUT2D eigenvalue weighted by atomic mass is 35.5. The van der Waals surface area contributed by atoms with Crippen molar-refractivity contribution in [3.8, 4) is 11.5 Å². The van der Waals surface area contributed by atoms with Crippen LogP contribution >= 0.6 is 0 Å². The van der Waals surface area contributed by atoms with Crippen molar-refractivity contribution in [2.75, 3.05) is 20.8 Å². The molecule has 0 radical (unpaired) electrons. The van der Waals surface area contributed by atoms with E-state index in [0.29, 0.717) is 0 Å². The summed E-state index contributed by atoms with van der Waals surface area (Å²) in [5.74, 6) is 1.54. The van der Waals surface area contributed by atoms with Crippen LogP contribution in [0.3, 0.4) is 0 Å². The van der Waals surface area contributed by atoms with Crippen molar-refractivity contribution < 1.29 is 21.9 Å². The highest BCUT2D eigenvalue weighted by molar-refractivity contribution is 5.42. The molecule has 0 bridgehead atoms. The Morgan fingerprint density at radius 1 is 0.857 bits per heavy atom. The van der Waals surface area contributed by atoms with E-state index < -0.39 is 0 Å². The van der Waals surface area contributed by atoms with Crippen molar-refractivity contribution in [2.24, 2.45) is 0 Å². The second kappa shape index (κ2) is 9.27. The van der Waals surface area contributed by atoms with Crippen LogP contribution in [-0.4, -0.2) is 20.8 Å². The van der Waals surface area contributed by atoms with Crippen molar-refractivity contribution in [2.45, 2.75) is 13.0 Å². The Balaban J connectivity index is 0.00000220. The molecule has 0 aliphatic rings. The summed E-state index contributed by atoms with van der Waals surface area (Å²) in [6.45, 7) is 1.78. The third-order valence-corrected chi connectivity index (χ3v) is 3.21. The molecular formula is C17H21ClNO2-. The van der Waals surface area contributed by atoms with Crippen molar-refractivity contribution in [1.29, 1.82) is 0 Å². The third-order valence-electron chi connectivity index (χ3n) is 3.21. The van der Waals surface area contributed by atoms with E-state index in [1.165, 1.54) is 11.1 Å².